The standard InChI is InChI=1S/C17H24N4O3S2/c1-2-3-14-4-6-15(7-5-14)26(22,23)20-17-19-18-16(25-17)8-9-21-10-12-24-13-11-21/h4-7H,2-3,8-13H2,1H3,(H,19,20). The van der Waals surface area contributed by atoms with E-state index in [-0.39, 0.29) is 4.90 Å². The number of sulfonamides is 1. The quantitative estimate of drug-likeness (QED) is 0.736. The summed E-state index contributed by atoms with van der Waals surface area (Å²) in [5, 5.41) is 9.20. The molecule has 1 fully saturated rings. The maximum absolute atomic E-state index is 12.5. The second-order valence-corrected chi connectivity index (χ2v) is 8.95. The molecule has 0 radical (unpaired) electrons. The second kappa shape index (κ2) is 8.90. The Morgan fingerprint density at radius 3 is 2.58 bits per heavy atom. The zero-order valence-electron chi connectivity index (χ0n) is 14.8. The zero-order valence-corrected chi connectivity index (χ0v) is 16.5. The Kier molecular flexibility index (Phi) is 6.58. The van der Waals surface area contributed by atoms with Crippen molar-refractivity contribution in [1.82, 2.24) is 15.1 Å². The van der Waals surface area contributed by atoms with E-state index in [4.69, 9.17) is 4.74 Å². The van der Waals surface area contributed by atoms with E-state index in [0.29, 0.717) is 5.13 Å². The number of anilines is 1. The van der Waals surface area contributed by atoms with E-state index in [2.05, 4.69) is 26.7 Å². The first-order chi connectivity index (χ1) is 12.6. The van der Waals surface area contributed by atoms with Gasteiger partial charge in [0.15, 0.2) is 0 Å². The van der Waals surface area contributed by atoms with Crippen LogP contribution in [0.1, 0.15) is 23.9 Å². The molecule has 1 aromatic carbocycles. The van der Waals surface area contributed by atoms with Gasteiger partial charge < -0.3 is 4.74 Å². The summed E-state index contributed by atoms with van der Waals surface area (Å²) >= 11 is 1.28. The van der Waals surface area contributed by atoms with Crippen LogP contribution in [0.2, 0.25) is 0 Å². The van der Waals surface area contributed by atoms with Gasteiger partial charge in [-0.2, -0.15) is 0 Å². The number of hydrogen-bond acceptors (Lipinski definition) is 7. The molecule has 0 unspecified atom stereocenters. The summed E-state index contributed by atoms with van der Waals surface area (Å²) in [5.41, 5.74) is 1.13. The first-order valence-corrected chi connectivity index (χ1v) is 11.1. The summed E-state index contributed by atoms with van der Waals surface area (Å²) in [5.74, 6) is 0. The van der Waals surface area contributed by atoms with Crippen molar-refractivity contribution in [3.8, 4) is 0 Å². The first-order valence-electron chi connectivity index (χ1n) is 8.81. The Morgan fingerprint density at radius 1 is 1.15 bits per heavy atom. The normalized spacial score (nSPS) is 15.9. The van der Waals surface area contributed by atoms with Gasteiger partial charge in [0, 0.05) is 26.1 Å². The average Bonchev–Trinajstić information content (AvgIpc) is 3.08. The lowest BCUT2D eigenvalue weighted by Gasteiger charge is -2.25. The van der Waals surface area contributed by atoms with Crippen molar-refractivity contribution in [3.63, 3.8) is 0 Å². The van der Waals surface area contributed by atoms with Gasteiger partial charge in [0.1, 0.15) is 5.01 Å². The van der Waals surface area contributed by atoms with Crippen LogP contribution in [0.15, 0.2) is 29.2 Å². The highest BCUT2D eigenvalue weighted by molar-refractivity contribution is 7.93. The smallest absolute Gasteiger partial charge is 0.263 e. The Bertz CT molecular complexity index is 800. The number of aryl methyl sites for hydroxylation is 1. The van der Waals surface area contributed by atoms with Gasteiger partial charge in [-0.15, -0.1) is 10.2 Å². The number of nitrogens with one attached hydrogen (secondary N) is 1. The largest absolute Gasteiger partial charge is 0.379 e. The van der Waals surface area contributed by atoms with E-state index >= 15 is 0 Å². The lowest BCUT2D eigenvalue weighted by atomic mass is 10.1. The SMILES string of the molecule is CCCc1ccc(S(=O)(=O)Nc2nnc(CCN3CCOCC3)s2)cc1. The van der Waals surface area contributed by atoms with Gasteiger partial charge in [0.25, 0.3) is 10.0 Å². The number of hydrogen-bond donors (Lipinski definition) is 1. The maximum Gasteiger partial charge on any atom is 0.263 e. The molecule has 26 heavy (non-hydrogen) atoms. The fourth-order valence-electron chi connectivity index (χ4n) is 2.77. The van der Waals surface area contributed by atoms with Crippen LogP contribution < -0.4 is 4.72 Å². The van der Waals surface area contributed by atoms with Gasteiger partial charge in [0.2, 0.25) is 5.13 Å². The van der Waals surface area contributed by atoms with E-state index in [1.54, 1.807) is 12.1 Å². The molecule has 0 aliphatic carbocycles. The van der Waals surface area contributed by atoms with E-state index in [1.165, 1.54) is 11.3 Å². The third-order valence-electron chi connectivity index (χ3n) is 4.21. The number of ether oxygens (including phenoxy) is 1. The van der Waals surface area contributed by atoms with Crippen molar-refractivity contribution in [3.05, 3.63) is 34.8 Å². The number of nitrogens with zero attached hydrogens (tertiary/aromatic N) is 3. The van der Waals surface area contributed by atoms with Crippen molar-refractivity contribution in [1.29, 1.82) is 0 Å². The molecule has 9 heteroatoms. The summed E-state index contributed by atoms with van der Waals surface area (Å²) in [6.45, 7) is 6.34. The van der Waals surface area contributed by atoms with Crippen molar-refractivity contribution < 1.29 is 13.2 Å². The summed E-state index contributed by atoms with van der Waals surface area (Å²) < 4.78 is 32.8. The Labute approximate surface area is 158 Å². The summed E-state index contributed by atoms with van der Waals surface area (Å²) in [6, 6.07) is 6.97. The van der Waals surface area contributed by atoms with Crippen LogP contribution in [-0.2, 0) is 27.6 Å². The average molecular weight is 397 g/mol. The molecule has 3 rings (SSSR count). The number of benzene rings is 1. The molecule has 1 aliphatic rings. The Balaban J connectivity index is 1.58. The van der Waals surface area contributed by atoms with Gasteiger partial charge in [-0.05, 0) is 24.1 Å². The monoisotopic (exact) mass is 396 g/mol. The minimum absolute atomic E-state index is 0.238. The molecule has 1 saturated heterocycles. The van der Waals surface area contributed by atoms with E-state index < -0.39 is 10.0 Å². The molecular formula is C17H24N4O3S2. The minimum Gasteiger partial charge on any atom is -0.379 e. The van der Waals surface area contributed by atoms with Gasteiger partial charge in [-0.3, -0.25) is 9.62 Å². The van der Waals surface area contributed by atoms with Gasteiger partial charge in [-0.1, -0.05) is 36.8 Å². The molecule has 2 heterocycles. The summed E-state index contributed by atoms with van der Waals surface area (Å²) in [7, 11) is -3.64. The van der Waals surface area contributed by atoms with Crippen molar-refractivity contribution in [2.24, 2.45) is 0 Å². The molecule has 0 atom stereocenters. The molecule has 142 valence electrons. The van der Waals surface area contributed by atoms with E-state index in [9.17, 15) is 8.42 Å². The highest BCUT2D eigenvalue weighted by Crippen LogP contribution is 2.21. The molecule has 0 saturated carbocycles. The fraction of sp³-hybridized carbons (Fsp3) is 0.529. The predicted molar refractivity (Wildman–Crippen MR) is 102 cm³/mol. The van der Waals surface area contributed by atoms with Gasteiger partial charge >= 0.3 is 0 Å². The predicted octanol–water partition coefficient (Wildman–Crippen LogP) is 2.17. The lowest BCUT2D eigenvalue weighted by Crippen LogP contribution is -2.37. The number of morpholine rings is 1. The summed E-state index contributed by atoms with van der Waals surface area (Å²) in [4.78, 5) is 2.55. The fourth-order valence-corrected chi connectivity index (χ4v) is 4.73. The molecule has 0 amide bonds. The van der Waals surface area contributed by atoms with Gasteiger partial charge in [-0.25, -0.2) is 8.42 Å². The molecular weight excluding hydrogens is 372 g/mol. The van der Waals surface area contributed by atoms with E-state index in [0.717, 1.165) is 62.7 Å². The molecule has 0 spiro atoms. The van der Waals surface area contributed by atoms with Crippen molar-refractivity contribution >= 4 is 26.5 Å². The first kappa shape index (κ1) is 19.2. The molecule has 1 aromatic heterocycles. The Hall–Kier alpha value is -1.55. The van der Waals surface area contributed by atoms with Crippen LogP contribution in [0.3, 0.4) is 0 Å². The zero-order chi connectivity index (χ0) is 18.4. The lowest BCUT2D eigenvalue weighted by molar-refractivity contribution is 0.0384. The maximum atomic E-state index is 12.5. The molecule has 0 bridgehead atoms. The summed E-state index contributed by atoms with van der Waals surface area (Å²) in [6.07, 6.45) is 2.73. The number of aromatic nitrogens is 2. The molecule has 1 aliphatic heterocycles. The van der Waals surface area contributed by atoms with Crippen molar-refractivity contribution in [2.75, 3.05) is 37.6 Å². The van der Waals surface area contributed by atoms with Crippen LogP contribution in [0, 0.1) is 0 Å². The highest BCUT2D eigenvalue weighted by atomic mass is 32.2. The second-order valence-electron chi connectivity index (χ2n) is 6.20. The molecule has 1 N–H and O–H groups in total. The van der Waals surface area contributed by atoms with Crippen LogP contribution in [0.25, 0.3) is 0 Å². The minimum atomic E-state index is -3.64. The topological polar surface area (TPSA) is 84.4 Å². The van der Waals surface area contributed by atoms with Crippen LogP contribution in [0.4, 0.5) is 5.13 Å². The van der Waals surface area contributed by atoms with E-state index in [1.807, 2.05) is 12.1 Å². The van der Waals surface area contributed by atoms with Crippen molar-refractivity contribution in [2.45, 2.75) is 31.1 Å². The van der Waals surface area contributed by atoms with Crippen LogP contribution in [0.5, 0.6) is 0 Å². The Morgan fingerprint density at radius 2 is 1.88 bits per heavy atom. The third kappa shape index (κ3) is 5.23. The highest BCUT2D eigenvalue weighted by Gasteiger charge is 2.17. The van der Waals surface area contributed by atoms with Crippen LogP contribution in [-0.4, -0.2) is 56.4 Å². The third-order valence-corrected chi connectivity index (χ3v) is 6.59. The van der Waals surface area contributed by atoms with Crippen LogP contribution >= 0.6 is 11.3 Å². The number of rotatable bonds is 8. The van der Waals surface area contributed by atoms with Gasteiger partial charge in [0.05, 0.1) is 18.1 Å². The molecule has 2 aromatic rings. The molecule has 7 nitrogen and oxygen atoms in total.